The Balaban J connectivity index is 3.57. The fourth-order valence-corrected chi connectivity index (χ4v) is 3.41. The van der Waals surface area contributed by atoms with E-state index in [0.29, 0.717) is 34.9 Å². The van der Waals surface area contributed by atoms with E-state index in [2.05, 4.69) is 11.9 Å². The van der Waals surface area contributed by atoms with E-state index in [1.165, 1.54) is 4.90 Å². The van der Waals surface area contributed by atoms with Crippen LogP contribution in [0.5, 0.6) is 0 Å². The zero-order chi connectivity index (χ0) is 21.5. The fourth-order valence-electron chi connectivity index (χ4n) is 3.11. The molecule has 0 aliphatic carbocycles. The molecule has 0 heterocycles. The quantitative estimate of drug-likeness (QED) is 0.494. The second-order valence-corrected chi connectivity index (χ2v) is 8.92. The number of amides is 2. The number of rotatable bonds is 9. The second-order valence-electron chi connectivity index (χ2n) is 8.11. The molecule has 0 radical (unpaired) electrons. The molecule has 0 saturated heterocycles. The van der Waals surface area contributed by atoms with Gasteiger partial charge in [0.15, 0.2) is 0 Å². The summed E-state index contributed by atoms with van der Waals surface area (Å²) in [6.07, 6.45) is 1.97. The Morgan fingerprint density at radius 1 is 1.25 bits per heavy atom. The normalized spacial score (nSPS) is 13.5. The molecule has 1 unspecified atom stereocenters. The Bertz CT molecular complexity index is 716. The highest BCUT2D eigenvalue weighted by molar-refractivity contribution is 6.42. The van der Waals surface area contributed by atoms with Gasteiger partial charge in [-0.1, -0.05) is 63.0 Å². The number of nitrogens with one attached hydrogen (secondary N) is 1. The average molecular weight is 429 g/mol. The van der Waals surface area contributed by atoms with Gasteiger partial charge in [-0.2, -0.15) is 0 Å². The van der Waals surface area contributed by atoms with Crippen molar-refractivity contribution in [1.29, 1.82) is 0 Å². The standard InChI is InChI=1S/C21H30Cl2N2O3/c1-6-8-18(26)24-13-21(11-7-2,15-9-10-16(22)17(23)12-15)25(19(27)28)14-20(3,4)5/h7,9-10,12H,2,6,8,11,13-14H2,1,3-5H3,(H,24,26)(H,27,28). The third-order valence-electron chi connectivity index (χ3n) is 4.37. The molecule has 0 fully saturated rings. The summed E-state index contributed by atoms with van der Waals surface area (Å²) in [5.74, 6) is -0.128. The largest absolute Gasteiger partial charge is 0.465 e. The van der Waals surface area contributed by atoms with Crippen LogP contribution in [-0.2, 0) is 10.3 Å². The van der Waals surface area contributed by atoms with Crippen molar-refractivity contribution >= 4 is 35.2 Å². The van der Waals surface area contributed by atoms with Gasteiger partial charge in [-0.3, -0.25) is 9.69 Å². The molecule has 1 atom stereocenters. The molecule has 0 aromatic heterocycles. The van der Waals surface area contributed by atoms with Gasteiger partial charge in [-0.25, -0.2) is 4.79 Å². The maximum Gasteiger partial charge on any atom is 0.408 e. The Morgan fingerprint density at radius 2 is 1.89 bits per heavy atom. The first-order valence-corrected chi connectivity index (χ1v) is 10.1. The summed E-state index contributed by atoms with van der Waals surface area (Å²) in [7, 11) is 0. The molecular weight excluding hydrogens is 399 g/mol. The van der Waals surface area contributed by atoms with Crippen molar-refractivity contribution in [2.75, 3.05) is 13.1 Å². The lowest BCUT2D eigenvalue weighted by molar-refractivity contribution is -0.121. The number of hydrogen-bond acceptors (Lipinski definition) is 2. The molecule has 0 aliphatic rings. The van der Waals surface area contributed by atoms with Crippen molar-refractivity contribution in [2.45, 2.75) is 52.5 Å². The predicted molar refractivity (Wildman–Crippen MR) is 115 cm³/mol. The number of nitrogens with zero attached hydrogens (tertiary/aromatic N) is 1. The number of carbonyl (C=O) groups excluding carboxylic acids is 1. The highest BCUT2D eigenvalue weighted by atomic mass is 35.5. The van der Waals surface area contributed by atoms with Crippen molar-refractivity contribution in [3.8, 4) is 0 Å². The van der Waals surface area contributed by atoms with Gasteiger partial charge in [0.2, 0.25) is 5.91 Å². The Morgan fingerprint density at radius 3 is 2.36 bits per heavy atom. The van der Waals surface area contributed by atoms with Crippen LogP contribution in [0.3, 0.4) is 0 Å². The zero-order valence-electron chi connectivity index (χ0n) is 17.0. The maximum absolute atomic E-state index is 12.3. The van der Waals surface area contributed by atoms with Crippen LogP contribution in [0.4, 0.5) is 4.79 Å². The van der Waals surface area contributed by atoms with Gasteiger partial charge in [-0.15, -0.1) is 6.58 Å². The van der Waals surface area contributed by atoms with E-state index < -0.39 is 11.6 Å². The van der Waals surface area contributed by atoms with E-state index in [1.54, 1.807) is 24.3 Å². The summed E-state index contributed by atoms with van der Waals surface area (Å²) < 4.78 is 0. The van der Waals surface area contributed by atoms with Gasteiger partial charge in [0.05, 0.1) is 15.6 Å². The number of carboxylic acid groups (broad SMARTS) is 1. The number of halogens is 2. The Kier molecular flexibility index (Phi) is 8.83. The first kappa shape index (κ1) is 24.3. The van der Waals surface area contributed by atoms with E-state index in [4.69, 9.17) is 23.2 Å². The highest BCUT2D eigenvalue weighted by Gasteiger charge is 2.42. The van der Waals surface area contributed by atoms with Crippen LogP contribution >= 0.6 is 23.2 Å². The molecular formula is C21H30Cl2N2O3. The third-order valence-corrected chi connectivity index (χ3v) is 5.11. The number of hydrogen-bond donors (Lipinski definition) is 2. The molecule has 2 N–H and O–H groups in total. The van der Waals surface area contributed by atoms with Gasteiger partial charge >= 0.3 is 6.09 Å². The molecule has 2 amide bonds. The SMILES string of the molecule is C=CCC(CNC(=O)CCC)(c1ccc(Cl)c(Cl)c1)N(CC(C)(C)C)C(=O)O. The summed E-state index contributed by atoms with van der Waals surface area (Å²) in [5.41, 5.74) is -0.697. The van der Waals surface area contributed by atoms with E-state index in [9.17, 15) is 14.7 Å². The van der Waals surface area contributed by atoms with Crippen molar-refractivity contribution < 1.29 is 14.7 Å². The Hall–Kier alpha value is -1.72. The van der Waals surface area contributed by atoms with Crippen LogP contribution in [0.1, 0.15) is 52.5 Å². The molecule has 156 valence electrons. The summed E-state index contributed by atoms with van der Waals surface area (Å²) in [6.45, 7) is 12.0. The van der Waals surface area contributed by atoms with Crippen LogP contribution < -0.4 is 5.32 Å². The van der Waals surface area contributed by atoms with E-state index in [-0.39, 0.29) is 24.4 Å². The molecule has 28 heavy (non-hydrogen) atoms. The highest BCUT2D eigenvalue weighted by Crippen LogP contribution is 2.37. The molecule has 1 aromatic rings. The fraction of sp³-hybridized carbons (Fsp3) is 0.524. The van der Waals surface area contributed by atoms with Crippen LogP contribution in [-0.4, -0.2) is 35.1 Å². The third kappa shape index (κ3) is 6.42. The van der Waals surface area contributed by atoms with Crippen molar-refractivity contribution in [1.82, 2.24) is 10.2 Å². The van der Waals surface area contributed by atoms with Gasteiger partial charge in [0.25, 0.3) is 0 Å². The summed E-state index contributed by atoms with van der Waals surface area (Å²) in [4.78, 5) is 25.9. The summed E-state index contributed by atoms with van der Waals surface area (Å²) in [5, 5.41) is 13.7. The monoisotopic (exact) mass is 428 g/mol. The molecule has 1 aromatic carbocycles. The van der Waals surface area contributed by atoms with Crippen LogP contribution in [0, 0.1) is 5.41 Å². The van der Waals surface area contributed by atoms with E-state index >= 15 is 0 Å². The van der Waals surface area contributed by atoms with Crippen molar-refractivity contribution in [2.24, 2.45) is 5.41 Å². The molecule has 0 saturated carbocycles. The van der Waals surface area contributed by atoms with E-state index in [1.807, 2.05) is 27.7 Å². The van der Waals surface area contributed by atoms with E-state index in [0.717, 1.165) is 0 Å². The summed E-state index contributed by atoms with van der Waals surface area (Å²) in [6, 6.07) is 5.06. The predicted octanol–water partition coefficient (Wildman–Crippen LogP) is 5.71. The number of benzene rings is 1. The smallest absolute Gasteiger partial charge is 0.408 e. The van der Waals surface area contributed by atoms with Gasteiger partial charge < -0.3 is 10.4 Å². The van der Waals surface area contributed by atoms with Crippen molar-refractivity contribution in [3.63, 3.8) is 0 Å². The van der Waals surface area contributed by atoms with Crippen LogP contribution in [0.15, 0.2) is 30.9 Å². The lowest BCUT2D eigenvalue weighted by atomic mass is 9.82. The molecule has 0 spiro atoms. The van der Waals surface area contributed by atoms with Crippen LogP contribution in [0.2, 0.25) is 10.0 Å². The second kappa shape index (κ2) is 10.2. The van der Waals surface area contributed by atoms with Gasteiger partial charge in [0.1, 0.15) is 0 Å². The first-order valence-electron chi connectivity index (χ1n) is 9.30. The minimum atomic E-state index is -1.08. The van der Waals surface area contributed by atoms with Gasteiger partial charge in [0, 0.05) is 19.5 Å². The topological polar surface area (TPSA) is 69.6 Å². The lowest BCUT2D eigenvalue weighted by Gasteiger charge is -2.45. The number of carbonyl (C=O) groups is 2. The molecule has 1 rings (SSSR count). The molecule has 0 bridgehead atoms. The van der Waals surface area contributed by atoms with Gasteiger partial charge in [-0.05, 0) is 36.0 Å². The minimum absolute atomic E-state index is 0.109. The first-order chi connectivity index (χ1) is 13.0. The Labute approximate surface area is 177 Å². The summed E-state index contributed by atoms with van der Waals surface area (Å²) >= 11 is 12.3. The molecule has 7 heteroatoms. The average Bonchev–Trinajstić information content (AvgIpc) is 2.58. The molecule has 5 nitrogen and oxygen atoms in total. The molecule has 0 aliphatic heterocycles. The zero-order valence-corrected chi connectivity index (χ0v) is 18.5. The van der Waals surface area contributed by atoms with Crippen LogP contribution in [0.25, 0.3) is 0 Å². The maximum atomic E-state index is 12.3. The van der Waals surface area contributed by atoms with Crippen molar-refractivity contribution in [3.05, 3.63) is 46.5 Å². The minimum Gasteiger partial charge on any atom is -0.465 e. The lowest BCUT2D eigenvalue weighted by Crippen LogP contribution is -2.57.